The molecule has 2 aromatic carbocycles. The van der Waals surface area contributed by atoms with Crippen molar-refractivity contribution in [1.82, 2.24) is 0 Å². The molecule has 1 heterocycles. The monoisotopic (exact) mass is 382 g/mol. The summed E-state index contributed by atoms with van der Waals surface area (Å²) in [5, 5.41) is 0. The molecule has 25 heavy (non-hydrogen) atoms. The fourth-order valence-corrected chi connectivity index (χ4v) is 4.59. The van der Waals surface area contributed by atoms with Crippen molar-refractivity contribution in [1.29, 1.82) is 0 Å². The summed E-state index contributed by atoms with van der Waals surface area (Å²) in [6.45, 7) is 3.31. The van der Waals surface area contributed by atoms with Crippen LogP contribution in [0.5, 0.6) is 5.75 Å². The highest BCUT2D eigenvalue weighted by atomic mass is 35.5. The van der Waals surface area contributed by atoms with Gasteiger partial charge in [-0.1, -0.05) is 18.2 Å². The van der Waals surface area contributed by atoms with Gasteiger partial charge in [-0.3, -0.25) is 4.31 Å². The number of anilines is 1. The number of ether oxygens (including phenoxy) is 1. The molecule has 0 atom stereocenters. The van der Waals surface area contributed by atoms with Crippen molar-refractivity contribution in [3.05, 3.63) is 53.6 Å². The average Bonchev–Trinajstić information content (AvgIpc) is 2.61. The first-order valence-electron chi connectivity index (χ1n) is 8.13. The van der Waals surface area contributed by atoms with E-state index in [1.807, 2.05) is 25.1 Å². The minimum atomic E-state index is -3.61. The normalized spacial score (nSPS) is 13.8. The van der Waals surface area contributed by atoms with E-state index in [4.69, 9.17) is 10.5 Å². The number of benzene rings is 2. The Labute approximate surface area is 155 Å². The average molecular weight is 383 g/mol. The van der Waals surface area contributed by atoms with E-state index in [0.29, 0.717) is 25.4 Å². The lowest BCUT2D eigenvalue weighted by Gasteiger charge is -2.31. The van der Waals surface area contributed by atoms with Crippen LogP contribution in [-0.2, 0) is 23.0 Å². The molecule has 136 valence electrons. The number of hydrogen-bond acceptors (Lipinski definition) is 4. The molecular formula is C18H23ClN2O3S. The van der Waals surface area contributed by atoms with Gasteiger partial charge in [-0.2, -0.15) is 0 Å². The van der Waals surface area contributed by atoms with Crippen molar-refractivity contribution < 1.29 is 13.2 Å². The first kappa shape index (κ1) is 19.6. The highest BCUT2D eigenvalue weighted by Gasteiger charge is 2.29. The van der Waals surface area contributed by atoms with Crippen LogP contribution in [0.15, 0.2) is 47.4 Å². The van der Waals surface area contributed by atoms with Crippen molar-refractivity contribution in [2.24, 2.45) is 5.73 Å². The second-order valence-electron chi connectivity index (χ2n) is 5.76. The van der Waals surface area contributed by atoms with Crippen LogP contribution < -0.4 is 14.8 Å². The van der Waals surface area contributed by atoms with Gasteiger partial charge in [-0.15, -0.1) is 12.4 Å². The third-order valence-corrected chi connectivity index (χ3v) is 5.97. The van der Waals surface area contributed by atoms with Gasteiger partial charge in [-0.05, 0) is 49.1 Å². The Morgan fingerprint density at radius 1 is 1.20 bits per heavy atom. The van der Waals surface area contributed by atoms with E-state index in [1.165, 1.54) is 4.31 Å². The molecule has 0 aliphatic carbocycles. The Bertz CT molecular complexity index is 840. The maximum atomic E-state index is 13.1. The van der Waals surface area contributed by atoms with Crippen molar-refractivity contribution in [3.63, 3.8) is 0 Å². The molecule has 3 rings (SSSR count). The number of hydrogen-bond donors (Lipinski definition) is 1. The SMILES string of the molecule is CCOc1cccc(S(=O)(=O)N2CCCc3cc(CN)ccc32)c1.Cl. The van der Waals surface area contributed by atoms with Crippen LogP contribution in [-0.4, -0.2) is 21.6 Å². The highest BCUT2D eigenvalue weighted by molar-refractivity contribution is 7.92. The molecule has 0 saturated heterocycles. The number of nitrogens with two attached hydrogens (primary N) is 1. The van der Waals surface area contributed by atoms with Gasteiger partial charge >= 0.3 is 0 Å². The molecule has 2 N–H and O–H groups in total. The summed E-state index contributed by atoms with van der Waals surface area (Å²) in [6.07, 6.45) is 1.67. The summed E-state index contributed by atoms with van der Waals surface area (Å²) in [7, 11) is -3.61. The second-order valence-corrected chi connectivity index (χ2v) is 7.62. The van der Waals surface area contributed by atoms with Gasteiger partial charge in [0.2, 0.25) is 0 Å². The van der Waals surface area contributed by atoms with Gasteiger partial charge in [0, 0.05) is 19.2 Å². The Morgan fingerprint density at radius 2 is 2.00 bits per heavy atom. The lowest BCUT2D eigenvalue weighted by atomic mass is 10.0. The van der Waals surface area contributed by atoms with Crippen LogP contribution in [0.25, 0.3) is 0 Å². The minimum Gasteiger partial charge on any atom is -0.494 e. The zero-order valence-corrected chi connectivity index (χ0v) is 15.8. The molecule has 0 amide bonds. The third-order valence-electron chi connectivity index (χ3n) is 4.16. The third kappa shape index (κ3) is 3.92. The lowest BCUT2D eigenvalue weighted by Crippen LogP contribution is -2.35. The van der Waals surface area contributed by atoms with Crippen molar-refractivity contribution >= 4 is 28.1 Å². The van der Waals surface area contributed by atoms with Gasteiger partial charge in [-0.25, -0.2) is 8.42 Å². The molecule has 0 bridgehead atoms. The number of aryl methyl sites for hydroxylation is 1. The molecule has 1 aliphatic rings. The number of halogens is 1. The van der Waals surface area contributed by atoms with E-state index >= 15 is 0 Å². The summed E-state index contributed by atoms with van der Waals surface area (Å²) >= 11 is 0. The van der Waals surface area contributed by atoms with E-state index in [0.717, 1.165) is 29.7 Å². The van der Waals surface area contributed by atoms with Crippen LogP contribution in [0.2, 0.25) is 0 Å². The van der Waals surface area contributed by atoms with E-state index in [-0.39, 0.29) is 17.3 Å². The fourth-order valence-electron chi connectivity index (χ4n) is 3.01. The molecule has 0 unspecified atom stereocenters. The summed E-state index contributed by atoms with van der Waals surface area (Å²) in [5.41, 5.74) is 8.50. The number of rotatable bonds is 5. The lowest BCUT2D eigenvalue weighted by molar-refractivity contribution is 0.339. The van der Waals surface area contributed by atoms with Crippen molar-refractivity contribution in [2.75, 3.05) is 17.5 Å². The molecule has 1 aliphatic heterocycles. The topological polar surface area (TPSA) is 72.6 Å². The largest absolute Gasteiger partial charge is 0.494 e. The van der Waals surface area contributed by atoms with Crippen LogP contribution >= 0.6 is 12.4 Å². The maximum Gasteiger partial charge on any atom is 0.264 e. The number of fused-ring (bicyclic) bond motifs is 1. The molecular weight excluding hydrogens is 360 g/mol. The van der Waals surface area contributed by atoms with Crippen LogP contribution in [0.3, 0.4) is 0 Å². The van der Waals surface area contributed by atoms with Gasteiger partial charge < -0.3 is 10.5 Å². The summed E-state index contributed by atoms with van der Waals surface area (Å²) < 4.78 is 33.1. The van der Waals surface area contributed by atoms with Crippen LogP contribution in [0, 0.1) is 0 Å². The quantitative estimate of drug-likeness (QED) is 0.862. The Morgan fingerprint density at radius 3 is 2.72 bits per heavy atom. The van der Waals surface area contributed by atoms with E-state index < -0.39 is 10.0 Å². The standard InChI is InChI=1S/C18H22N2O3S.ClH/c1-2-23-16-6-3-7-17(12-16)24(21,22)20-10-4-5-15-11-14(13-19)8-9-18(15)20;/h3,6-9,11-12H,2,4-5,10,13,19H2,1H3;1H. The van der Waals surface area contributed by atoms with E-state index in [2.05, 4.69) is 0 Å². The zero-order chi connectivity index (χ0) is 17.2. The molecule has 0 saturated carbocycles. The van der Waals surface area contributed by atoms with Gasteiger partial charge in [0.1, 0.15) is 5.75 Å². The predicted octanol–water partition coefficient (Wildman–Crippen LogP) is 3.11. The first-order chi connectivity index (χ1) is 11.6. The molecule has 2 aromatic rings. The Kier molecular flexibility index (Phi) is 6.32. The zero-order valence-electron chi connectivity index (χ0n) is 14.1. The molecule has 5 nitrogen and oxygen atoms in total. The smallest absolute Gasteiger partial charge is 0.264 e. The maximum absolute atomic E-state index is 13.1. The molecule has 0 radical (unpaired) electrons. The molecule has 0 fully saturated rings. The highest BCUT2D eigenvalue weighted by Crippen LogP contribution is 2.33. The van der Waals surface area contributed by atoms with Crippen molar-refractivity contribution in [3.8, 4) is 5.75 Å². The van der Waals surface area contributed by atoms with Gasteiger partial charge in [0.25, 0.3) is 10.0 Å². The van der Waals surface area contributed by atoms with Gasteiger partial charge in [0.15, 0.2) is 0 Å². The molecule has 0 spiro atoms. The second kappa shape index (κ2) is 8.08. The summed E-state index contributed by atoms with van der Waals surface area (Å²) in [5.74, 6) is 0.564. The van der Waals surface area contributed by atoms with Crippen LogP contribution in [0.4, 0.5) is 5.69 Å². The first-order valence-corrected chi connectivity index (χ1v) is 9.57. The van der Waals surface area contributed by atoms with Gasteiger partial charge in [0.05, 0.1) is 17.2 Å². The fraction of sp³-hybridized carbons (Fsp3) is 0.333. The Hall–Kier alpha value is -1.76. The predicted molar refractivity (Wildman–Crippen MR) is 102 cm³/mol. The van der Waals surface area contributed by atoms with Crippen LogP contribution in [0.1, 0.15) is 24.5 Å². The Balaban J connectivity index is 0.00000225. The molecule has 0 aromatic heterocycles. The number of sulfonamides is 1. The summed E-state index contributed by atoms with van der Waals surface area (Å²) in [6, 6.07) is 12.4. The van der Waals surface area contributed by atoms with E-state index in [9.17, 15) is 8.42 Å². The van der Waals surface area contributed by atoms with E-state index in [1.54, 1.807) is 24.3 Å². The number of nitrogens with zero attached hydrogens (tertiary/aromatic N) is 1. The summed E-state index contributed by atoms with van der Waals surface area (Å²) in [4.78, 5) is 0.254. The molecule has 7 heteroatoms. The van der Waals surface area contributed by atoms with Crippen molar-refractivity contribution in [2.45, 2.75) is 31.2 Å². The minimum absolute atomic E-state index is 0.